The Morgan fingerprint density at radius 2 is 1.66 bits per heavy atom. The number of anilines is 2. The molecule has 0 spiro atoms. The molecule has 0 heterocycles. The predicted octanol–water partition coefficient (Wildman–Crippen LogP) is 5.18. The van der Waals surface area contributed by atoms with E-state index in [0.717, 1.165) is 0 Å². The molecule has 0 saturated heterocycles. The van der Waals surface area contributed by atoms with Gasteiger partial charge in [-0.3, -0.25) is 13.9 Å². The number of ketones is 1. The van der Waals surface area contributed by atoms with Crippen molar-refractivity contribution in [3.05, 3.63) is 102 Å². The number of halogens is 1. The van der Waals surface area contributed by atoms with E-state index in [1.165, 1.54) is 41.6 Å². The van der Waals surface area contributed by atoms with Gasteiger partial charge in [0.2, 0.25) is 0 Å². The molecule has 0 saturated carbocycles. The fraction of sp³-hybridized carbons (Fsp3) is 0.0833. The molecular weight excluding hydrogens is 448 g/mol. The number of hydrogen-bond donors (Lipinski definition) is 1. The molecule has 0 bridgehead atoms. The van der Waals surface area contributed by atoms with Crippen LogP contribution in [0.5, 0.6) is 0 Å². The summed E-state index contributed by atoms with van der Waals surface area (Å²) in [5.74, 6) is -0.551. The maximum Gasteiger partial charge on any atom is 0.264 e. The van der Waals surface area contributed by atoms with Gasteiger partial charge in [-0.05, 0) is 73.7 Å². The second-order valence-corrected chi connectivity index (χ2v) is 9.22. The molecule has 0 aliphatic heterocycles. The Bertz CT molecular complexity index is 1250. The number of nitrogens with zero attached hydrogens (tertiary/aromatic N) is 1. The van der Waals surface area contributed by atoms with Gasteiger partial charge in [-0.1, -0.05) is 23.7 Å². The first-order valence-corrected chi connectivity index (χ1v) is 11.5. The highest BCUT2D eigenvalue weighted by atomic mass is 35.5. The molecule has 3 aromatic carbocycles. The van der Waals surface area contributed by atoms with Crippen molar-refractivity contribution in [2.75, 3.05) is 16.2 Å². The van der Waals surface area contributed by atoms with Crippen LogP contribution >= 0.6 is 11.6 Å². The third-order valence-corrected chi connectivity index (χ3v) is 6.68. The minimum absolute atomic E-state index is 0.0334. The Morgan fingerprint density at radius 3 is 2.25 bits per heavy atom. The lowest BCUT2D eigenvalue weighted by Crippen LogP contribution is -2.31. The molecule has 0 aliphatic rings. The second kappa shape index (κ2) is 9.80. The molecule has 0 atom stereocenters. The van der Waals surface area contributed by atoms with Crippen molar-refractivity contribution in [3.63, 3.8) is 0 Å². The van der Waals surface area contributed by atoms with Crippen LogP contribution in [0, 0.1) is 0 Å². The molecule has 1 N–H and O–H groups in total. The average molecular weight is 469 g/mol. The number of amides is 1. The van der Waals surface area contributed by atoms with Crippen molar-refractivity contribution in [2.45, 2.75) is 11.8 Å². The molecule has 0 aromatic heterocycles. The van der Waals surface area contributed by atoms with E-state index in [9.17, 15) is 18.0 Å². The van der Waals surface area contributed by atoms with Gasteiger partial charge >= 0.3 is 0 Å². The maximum atomic E-state index is 13.3. The summed E-state index contributed by atoms with van der Waals surface area (Å²) in [6.45, 7) is 5.15. The number of nitrogens with one attached hydrogen (secondary N) is 1. The van der Waals surface area contributed by atoms with Crippen molar-refractivity contribution >= 4 is 44.7 Å². The molecule has 0 fully saturated rings. The summed E-state index contributed by atoms with van der Waals surface area (Å²) < 4.78 is 27.8. The molecule has 0 unspecified atom stereocenters. The van der Waals surface area contributed by atoms with E-state index in [1.54, 1.807) is 48.5 Å². The van der Waals surface area contributed by atoms with Gasteiger partial charge in [-0.2, -0.15) is 0 Å². The van der Waals surface area contributed by atoms with Crippen molar-refractivity contribution < 1.29 is 18.0 Å². The fourth-order valence-corrected chi connectivity index (χ4v) is 4.59. The summed E-state index contributed by atoms with van der Waals surface area (Å²) in [6.07, 6.45) is 1.48. The summed E-state index contributed by atoms with van der Waals surface area (Å²) in [6, 6.07) is 18.6. The van der Waals surface area contributed by atoms with E-state index in [-0.39, 0.29) is 22.8 Å². The summed E-state index contributed by atoms with van der Waals surface area (Å²) in [5.41, 5.74) is 1.62. The topological polar surface area (TPSA) is 83.6 Å². The Balaban J connectivity index is 1.88. The second-order valence-electron chi connectivity index (χ2n) is 6.92. The summed E-state index contributed by atoms with van der Waals surface area (Å²) >= 11 is 5.92. The van der Waals surface area contributed by atoms with Crippen molar-refractivity contribution in [3.8, 4) is 0 Å². The van der Waals surface area contributed by atoms with Gasteiger partial charge in [0, 0.05) is 21.8 Å². The summed E-state index contributed by atoms with van der Waals surface area (Å²) in [7, 11) is -3.97. The molecule has 3 rings (SSSR count). The lowest BCUT2D eigenvalue weighted by Gasteiger charge is -2.23. The third kappa shape index (κ3) is 5.25. The van der Waals surface area contributed by atoms with E-state index in [2.05, 4.69) is 11.9 Å². The summed E-state index contributed by atoms with van der Waals surface area (Å²) in [4.78, 5) is 24.1. The van der Waals surface area contributed by atoms with E-state index in [0.29, 0.717) is 22.0 Å². The van der Waals surface area contributed by atoms with Gasteiger partial charge in [-0.25, -0.2) is 8.42 Å². The van der Waals surface area contributed by atoms with Crippen LogP contribution in [0.25, 0.3) is 0 Å². The number of Topliss-reactive ketones (excluding diaryl/α,β-unsaturated/α-hetero) is 1. The smallest absolute Gasteiger partial charge is 0.264 e. The Hall–Kier alpha value is -3.42. The molecule has 3 aromatic rings. The first-order chi connectivity index (χ1) is 15.2. The molecule has 1 amide bonds. The van der Waals surface area contributed by atoms with E-state index in [1.807, 2.05) is 0 Å². The van der Waals surface area contributed by atoms with Crippen molar-refractivity contribution in [2.24, 2.45) is 0 Å². The zero-order valence-electron chi connectivity index (χ0n) is 17.3. The first-order valence-electron chi connectivity index (χ1n) is 9.64. The van der Waals surface area contributed by atoms with Crippen LogP contribution in [0.2, 0.25) is 5.02 Å². The highest BCUT2D eigenvalue weighted by Gasteiger charge is 2.25. The number of rotatable bonds is 8. The summed E-state index contributed by atoms with van der Waals surface area (Å²) in [5, 5.41) is 3.19. The standard InChI is InChI=1S/C24H21ClN2O4S/c1-3-15-27(22-13-9-20(25)10-14-22)32(30,31)23-6-4-5-19(16-23)24(29)26-21-11-7-18(8-12-21)17(2)28/h3-14,16H,1,15H2,2H3,(H,26,29). The number of carbonyl (C=O) groups excluding carboxylic acids is 2. The van der Waals surface area contributed by atoms with Crippen LogP contribution in [-0.2, 0) is 10.0 Å². The van der Waals surface area contributed by atoms with Gasteiger partial charge in [0.05, 0.1) is 17.1 Å². The highest BCUT2D eigenvalue weighted by Crippen LogP contribution is 2.26. The van der Waals surface area contributed by atoms with Crippen LogP contribution < -0.4 is 9.62 Å². The normalized spacial score (nSPS) is 10.9. The minimum atomic E-state index is -3.97. The van der Waals surface area contributed by atoms with E-state index >= 15 is 0 Å². The molecule has 32 heavy (non-hydrogen) atoms. The largest absolute Gasteiger partial charge is 0.322 e. The SMILES string of the molecule is C=CCN(c1ccc(Cl)cc1)S(=O)(=O)c1cccc(C(=O)Nc2ccc(C(C)=O)cc2)c1. The number of sulfonamides is 1. The van der Waals surface area contributed by atoms with Crippen LogP contribution in [0.4, 0.5) is 11.4 Å². The maximum absolute atomic E-state index is 13.3. The lowest BCUT2D eigenvalue weighted by molar-refractivity contribution is 0.101. The lowest BCUT2D eigenvalue weighted by atomic mass is 10.1. The van der Waals surface area contributed by atoms with Gasteiger partial charge in [0.1, 0.15) is 0 Å². The monoisotopic (exact) mass is 468 g/mol. The first kappa shape index (κ1) is 23.2. The van der Waals surface area contributed by atoms with Gasteiger partial charge in [-0.15, -0.1) is 6.58 Å². The van der Waals surface area contributed by atoms with E-state index in [4.69, 9.17) is 11.6 Å². The van der Waals surface area contributed by atoms with Gasteiger partial charge < -0.3 is 5.32 Å². The minimum Gasteiger partial charge on any atom is -0.322 e. The number of benzene rings is 3. The number of carbonyl (C=O) groups is 2. The Labute approximate surface area is 192 Å². The van der Waals surface area contributed by atoms with Crippen LogP contribution in [0.3, 0.4) is 0 Å². The third-order valence-electron chi connectivity index (χ3n) is 4.64. The quantitative estimate of drug-likeness (QED) is 0.365. The Morgan fingerprint density at radius 1 is 1.00 bits per heavy atom. The number of hydrogen-bond acceptors (Lipinski definition) is 4. The van der Waals surface area contributed by atoms with Crippen molar-refractivity contribution in [1.29, 1.82) is 0 Å². The molecule has 0 aliphatic carbocycles. The molecule has 6 nitrogen and oxygen atoms in total. The van der Waals surface area contributed by atoms with Gasteiger partial charge in [0.25, 0.3) is 15.9 Å². The fourth-order valence-electron chi connectivity index (χ4n) is 2.98. The molecular formula is C24H21ClN2O4S. The van der Waals surface area contributed by atoms with Gasteiger partial charge in [0.15, 0.2) is 5.78 Å². The molecule has 164 valence electrons. The van der Waals surface area contributed by atoms with Crippen LogP contribution in [-0.4, -0.2) is 26.7 Å². The predicted molar refractivity (Wildman–Crippen MR) is 127 cm³/mol. The highest BCUT2D eigenvalue weighted by molar-refractivity contribution is 7.92. The van der Waals surface area contributed by atoms with Crippen LogP contribution in [0.1, 0.15) is 27.6 Å². The zero-order valence-corrected chi connectivity index (χ0v) is 18.9. The Kier molecular flexibility index (Phi) is 7.12. The zero-order chi connectivity index (χ0) is 23.3. The van der Waals surface area contributed by atoms with Crippen molar-refractivity contribution in [1.82, 2.24) is 0 Å². The average Bonchev–Trinajstić information content (AvgIpc) is 2.78. The van der Waals surface area contributed by atoms with E-state index < -0.39 is 15.9 Å². The van der Waals surface area contributed by atoms with Crippen LogP contribution in [0.15, 0.2) is 90.3 Å². The molecule has 0 radical (unpaired) electrons. The molecule has 8 heteroatoms.